The SMILES string of the molecule is CC1(NC(=O)c2cccc3c2CCCN3)CCOCC1. The van der Waals surface area contributed by atoms with Crippen LogP contribution in [0, 0.1) is 0 Å². The second-order valence-corrected chi connectivity index (χ2v) is 5.99. The lowest BCUT2D eigenvalue weighted by atomic mass is 9.91. The van der Waals surface area contributed by atoms with Crippen molar-refractivity contribution in [2.45, 2.75) is 38.1 Å². The number of amides is 1. The van der Waals surface area contributed by atoms with Crippen molar-refractivity contribution in [2.75, 3.05) is 25.1 Å². The predicted molar refractivity (Wildman–Crippen MR) is 79.2 cm³/mol. The molecule has 1 saturated heterocycles. The van der Waals surface area contributed by atoms with Crippen molar-refractivity contribution in [2.24, 2.45) is 0 Å². The number of ether oxygens (including phenoxy) is 1. The Morgan fingerprint density at radius 1 is 1.35 bits per heavy atom. The number of anilines is 1. The van der Waals surface area contributed by atoms with Crippen molar-refractivity contribution in [1.82, 2.24) is 5.32 Å². The molecule has 4 nitrogen and oxygen atoms in total. The first-order chi connectivity index (χ1) is 9.68. The molecule has 0 aromatic heterocycles. The monoisotopic (exact) mass is 274 g/mol. The molecule has 0 unspecified atom stereocenters. The van der Waals surface area contributed by atoms with Crippen molar-refractivity contribution < 1.29 is 9.53 Å². The van der Waals surface area contributed by atoms with Crippen LogP contribution in [0.25, 0.3) is 0 Å². The van der Waals surface area contributed by atoms with E-state index in [1.807, 2.05) is 12.1 Å². The van der Waals surface area contributed by atoms with E-state index in [1.54, 1.807) is 0 Å². The van der Waals surface area contributed by atoms with Crippen molar-refractivity contribution in [3.8, 4) is 0 Å². The van der Waals surface area contributed by atoms with Gasteiger partial charge in [-0.2, -0.15) is 0 Å². The van der Waals surface area contributed by atoms with Crippen LogP contribution in [0.2, 0.25) is 0 Å². The van der Waals surface area contributed by atoms with Gasteiger partial charge in [0.1, 0.15) is 0 Å². The van der Waals surface area contributed by atoms with Gasteiger partial charge >= 0.3 is 0 Å². The largest absolute Gasteiger partial charge is 0.385 e. The summed E-state index contributed by atoms with van der Waals surface area (Å²) >= 11 is 0. The number of hydrogen-bond acceptors (Lipinski definition) is 3. The molecule has 0 saturated carbocycles. The highest BCUT2D eigenvalue weighted by Gasteiger charge is 2.30. The molecule has 1 fully saturated rings. The van der Waals surface area contributed by atoms with Gasteiger partial charge in [-0.25, -0.2) is 0 Å². The van der Waals surface area contributed by atoms with E-state index >= 15 is 0 Å². The molecule has 2 N–H and O–H groups in total. The number of hydrogen-bond donors (Lipinski definition) is 2. The fourth-order valence-electron chi connectivity index (χ4n) is 3.01. The Hall–Kier alpha value is -1.55. The van der Waals surface area contributed by atoms with Crippen LogP contribution in [-0.4, -0.2) is 31.2 Å². The number of rotatable bonds is 2. The van der Waals surface area contributed by atoms with Crippen LogP contribution >= 0.6 is 0 Å². The zero-order chi connectivity index (χ0) is 14.0. The molecule has 1 amide bonds. The highest BCUT2D eigenvalue weighted by molar-refractivity contribution is 5.97. The molecule has 2 aliphatic rings. The quantitative estimate of drug-likeness (QED) is 0.870. The zero-order valence-electron chi connectivity index (χ0n) is 12.0. The first kappa shape index (κ1) is 13.4. The summed E-state index contributed by atoms with van der Waals surface area (Å²) in [5.74, 6) is 0.0509. The minimum atomic E-state index is -0.139. The van der Waals surface area contributed by atoms with Crippen molar-refractivity contribution in [3.63, 3.8) is 0 Å². The molecule has 2 heterocycles. The van der Waals surface area contributed by atoms with E-state index in [2.05, 4.69) is 23.6 Å². The van der Waals surface area contributed by atoms with Crippen LogP contribution in [-0.2, 0) is 11.2 Å². The number of carbonyl (C=O) groups is 1. The summed E-state index contributed by atoms with van der Waals surface area (Å²) < 4.78 is 5.38. The molecule has 0 spiro atoms. The third-order valence-corrected chi connectivity index (χ3v) is 4.35. The van der Waals surface area contributed by atoms with Crippen LogP contribution < -0.4 is 10.6 Å². The summed E-state index contributed by atoms with van der Waals surface area (Å²) in [7, 11) is 0. The molecule has 1 aromatic rings. The minimum Gasteiger partial charge on any atom is -0.385 e. The Balaban J connectivity index is 1.80. The molecule has 4 heteroatoms. The van der Waals surface area contributed by atoms with Crippen LogP contribution in [0.3, 0.4) is 0 Å². The first-order valence-electron chi connectivity index (χ1n) is 7.44. The molecule has 3 rings (SSSR count). The molecule has 1 aromatic carbocycles. The molecule has 0 aliphatic carbocycles. The minimum absolute atomic E-state index is 0.0509. The van der Waals surface area contributed by atoms with Crippen LogP contribution in [0.15, 0.2) is 18.2 Å². The van der Waals surface area contributed by atoms with Crippen LogP contribution in [0.4, 0.5) is 5.69 Å². The Morgan fingerprint density at radius 2 is 2.15 bits per heavy atom. The van der Waals surface area contributed by atoms with E-state index in [9.17, 15) is 4.79 Å². The fourth-order valence-corrected chi connectivity index (χ4v) is 3.01. The molecule has 0 atom stereocenters. The van der Waals surface area contributed by atoms with E-state index in [4.69, 9.17) is 4.74 Å². The molecule has 108 valence electrons. The lowest BCUT2D eigenvalue weighted by Gasteiger charge is -2.35. The van der Waals surface area contributed by atoms with Gasteiger partial charge in [-0.05, 0) is 50.3 Å². The van der Waals surface area contributed by atoms with Gasteiger partial charge in [0.2, 0.25) is 0 Å². The number of benzene rings is 1. The lowest BCUT2D eigenvalue weighted by Crippen LogP contribution is -2.49. The summed E-state index contributed by atoms with van der Waals surface area (Å²) in [6, 6.07) is 5.95. The summed E-state index contributed by atoms with van der Waals surface area (Å²) in [4.78, 5) is 12.6. The molecule has 20 heavy (non-hydrogen) atoms. The maximum Gasteiger partial charge on any atom is 0.252 e. The van der Waals surface area contributed by atoms with E-state index in [0.717, 1.165) is 62.3 Å². The van der Waals surface area contributed by atoms with Crippen molar-refractivity contribution >= 4 is 11.6 Å². The predicted octanol–water partition coefficient (Wildman–Crippen LogP) is 2.34. The lowest BCUT2D eigenvalue weighted by molar-refractivity contribution is 0.0422. The second kappa shape index (κ2) is 5.44. The Labute approximate surface area is 119 Å². The normalized spacial score (nSPS) is 20.6. The average molecular weight is 274 g/mol. The van der Waals surface area contributed by atoms with Gasteiger partial charge in [0.25, 0.3) is 5.91 Å². The fraction of sp³-hybridized carbons (Fsp3) is 0.562. The maximum absolute atomic E-state index is 12.6. The molecular formula is C16H22N2O2. The second-order valence-electron chi connectivity index (χ2n) is 5.99. The van der Waals surface area contributed by atoms with Gasteiger partial charge < -0.3 is 15.4 Å². The van der Waals surface area contributed by atoms with E-state index in [0.29, 0.717) is 0 Å². The number of fused-ring (bicyclic) bond motifs is 1. The van der Waals surface area contributed by atoms with Gasteiger partial charge in [0, 0.05) is 36.5 Å². The van der Waals surface area contributed by atoms with Gasteiger partial charge in [0.05, 0.1) is 0 Å². The number of nitrogens with one attached hydrogen (secondary N) is 2. The van der Waals surface area contributed by atoms with E-state index < -0.39 is 0 Å². The Bertz CT molecular complexity index is 507. The zero-order valence-corrected chi connectivity index (χ0v) is 12.0. The molecule has 2 aliphatic heterocycles. The van der Waals surface area contributed by atoms with Crippen molar-refractivity contribution in [3.05, 3.63) is 29.3 Å². The third kappa shape index (κ3) is 2.66. The third-order valence-electron chi connectivity index (χ3n) is 4.35. The summed E-state index contributed by atoms with van der Waals surface area (Å²) in [5, 5.41) is 6.59. The highest BCUT2D eigenvalue weighted by Crippen LogP contribution is 2.27. The van der Waals surface area contributed by atoms with Crippen molar-refractivity contribution in [1.29, 1.82) is 0 Å². The Kier molecular flexibility index (Phi) is 3.66. The highest BCUT2D eigenvalue weighted by atomic mass is 16.5. The molecule has 0 bridgehead atoms. The standard InChI is InChI=1S/C16H22N2O2/c1-16(7-10-20-11-8-16)18-15(19)13-4-2-6-14-12(13)5-3-9-17-14/h2,4,6,17H,3,5,7-11H2,1H3,(H,18,19). The van der Waals surface area contributed by atoms with E-state index in [1.165, 1.54) is 0 Å². The summed E-state index contributed by atoms with van der Waals surface area (Å²) in [6.07, 6.45) is 3.83. The topological polar surface area (TPSA) is 50.4 Å². The van der Waals surface area contributed by atoms with Gasteiger partial charge in [0.15, 0.2) is 0 Å². The van der Waals surface area contributed by atoms with Crippen LogP contribution in [0.5, 0.6) is 0 Å². The van der Waals surface area contributed by atoms with E-state index in [-0.39, 0.29) is 11.4 Å². The molecular weight excluding hydrogens is 252 g/mol. The van der Waals surface area contributed by atoms with Gasteiger partial charge in [-0.3, -0.25) is 4.79 Å². The van der Waals surface area contributed by atoms with Gasteiger partial charge in [-0.1, -0.05) is 6.07 Å². The first-order valence-corrected chi connectivity index (χ1v) is 7.44. The Morgan fingerprint density at radius 3 is 2.95 bits per heavy atom. The summed E-state index contributed by atoms with van der Waals surface area (Å²) in [6.45, 7) is 4.56. The van der Waals surface area contributed by atoms with Crippen LogP contribution in [0.1, 0.15) is 42.1 Å². The maximum atomic E-state index is 12.6. The summed E-state index contributed by atoms with van der Waals surface area (Å²) in [5.41, 5.74) is 2.95. The van der Waals surface area contributed by atoms with Gasteiger partial charge in [-0.15, -0.1) is 0 Å². The molecule has 0 radical (unpaired) electrons. The average Bonchev–Trinajstić information content (AvgIpc) is 2.47. The number of carbonyl (C=O) groups excluding carboxylic acids is 1. The smallest absolute Gasteiger partial charge is 0.252 e.